The quantitative estimate of drug-likeness (QED) is 0.760. The Kier molecular flexibility index (Phi) is 5.01. The Labute approximate surface area is 91.0 Å². The van der Waals surface area contributed by atoms with Crippen molar-refractivity contribution in [2.24, 2.45) is 0 Å². The van der Waals surface area contributed by atoms with Crippen molar-refractivity contribution in [2.75, 3.05) is 13.2 Å². The van der Waals surface area contributed by atoms with Gasteiger partial charge in [0.25, 0.3) is 0 Å². The van der Waals surface area contributed by atoms with Crippen LogP contribution in [0.5, 0.6) is 0 Å². The molecule has 0 radical (unpaired) electrons. The lowest BCUT2D eigenvalue weighted by atomic mass is 10.1. The van der Waals surface area contributed by atoms with E-state index in [1.165, 1.54) is 0 Å². The van der Waals surface area contributed by atoms with Gasteiger partial charge in [-0.3, -0.25) is 9.63 Å². The zero-order valence-corrected chi connectivity index (χ0v) is 8.68. The van der Waals surface area contributed by atoms with E-state index >= 15 is 0 Å². The van der Waals surface area contributed by atoms with Gasteiger partial charge in [0.05, 0.1) is 12.5 Å². The van der Waals surface area contributed by atoms with Crippen LogP contribution < -0.4 is 5.48 Å². The molecule has 0 aromatic carbocycles. The third-order valence-electron chi connectivity index (χ3n) is 2.11. The van der Waals surface area contributed by atoms with Crippen LogP contribution in [0.25, 0.3) is 0 Å². The summed E-state index contributed by atoms with van der Waals surface area (Å²) in [4.78, 5) is 15.1. The molecule has 1 unspecified atom stereocenters. The molecule has 1 amide bonds. The van der Waals surface area contributed by atoms with E-state index in [-0.39, 0.29) is 12.5 Å². The van der Waals surface area contributed by atoms with Crippen molar-refractivity contribution in [3.8, 4) is 0 Å². The lowest BCUT2D eigenvalue weighted by molar-refractivity contribution is -0.192. The van der Waals surface area contributed by atoms with Crippen LogP contribution in [-0.2, 0) is 14.4 Å². The van der Waals surface area contributed by atoms with E-state index in [1.807, 2.05) is 0 Å². The molecule has 1 fully saturated rings. The molecule has 7 heteroatoms. The zero-order chi connectivity index (χ0) is 12.0. The Balaban J connectivity index is 2.10. The Morgan fingerprint density at radius 1 is 1.44 bits per heavy atom. The molecular weight excluding hydrogens is 227 g/mol. The second-order valence-electron chi connectivity index (χ2n) is 3.62. The smallest absolute Gasteiger partial charge is 0.378 e. The van der Waals surface area contributed by atoms with Gasteiger partial charge < -0.3 is 4.74 Å². The van der Waals surface area contributed by atoms with Crippen LogP contribution in [0.3, 0.4) is 0 Å². The van der Waals surface area contributed by atoms with Crippen molar-refractivity contribution in [3.63, 3.8) is 0 Å². The molecule has 0 spiro atoms. The number of halogens is 3. The molecule has 1 N–H and O–H groups in total. The second kappa shape index (κ2) is 6.05. The Bertz CT molecular complexity index is 227. The van der Waals surface area contributed by atoms with E-state index in [1.54, 1.807) is 5.48 Å². The summed E-state index contributed by atoms with van der Waals surface area (Å²) in [5.41, 5.74) is 1.75. The van der Waals surface area contributed by atoms with Gasteiger partial charge in [0.2, 0.25) is 5.91 Å². The van der Waals surface area contributed by atoms with Crippen molar-refractivity contribution in [2.45, 2.75) is 38.0 Å². The SMILES string of the molecule is O=C(CC1CCCCO1)NOCC(F)(F)F. The summed E-state index contributed by atoms with van der Waals surface area (Å²) in [6.07, 6.45) is -1.91. The number of alkyl halides is 3. The average molecular weight is 241 g/mol. The number of rotatable bonds is 4. The van der Waals surface area contributed by atoms with E-state index in [4.69, 9.17) is 4.74 Å². The molecule has 1 saturated heterocycles. The lowest BCUT2D eigenvalue weighted by Crippen LogP contribution is -2.33. The number of carbonyl (C=O) groups is 1. The van der Waals surface area contributed by atoms with E-state index in [0.717, 1.165) is 19.3 Å². The minimum Gasteiger partial charge on any atom is -0.378 e. The van der Waals surface area contributed by atoms with Gasteiger partial charge in [-0.2, -0.15) is 13.2 Å². The highest BCUT2D eigenvalue weighted by molar-refractivity contribution is 5.75. The molecule has 1 heterocycles. The summed E-state index contributed by atoms with van der Waals surface area (Å²) >= 11 is 0. The van der Waals surface area contributed by atoms with Crippen molar-refractivity contribution in [1.82, 2.24) is 5.48 Å². The molecule has 1 aliphatic heterocycles. The molecule has 0 aromatic heterocycles. The van der Waals surface area contributed by atoms with Gasteiger partial charge in [-0.05, 0) is 19.3 Å². The number of hydrogen-bond acceptors (Lipinski definition) is 3. The molecule has 1 aliphatic rings. The summed E-state index contributed by atoms with van der Waals surface area (Å²) in [7, 11) is 0. The Hall–Kier alpha value is -0.820. The fourth-order valence-electron chi connectivity index (χ4n) is 1.42. The van der Waals surface area contributed by atoms with E-state index in [0.29, 0.717) is 6.61 Å². The Morgan fingerprint density at radius 3 is 2.75 bits per heavy atom. The number of hydroxylamine groups is 1. The summed E-state index contributed by atoms with van der Waals surface area (Å²) in [5, 5.41) is 0. The second-order valence-corrected chi connectivity index (χ2v) is 3.62. The zero-order valence-electron chi connectivity index (χ0n) is 8.68. The highest BCUT2D eigenvalue weighted by Gasteiger charge is 2.28. The fourth-order valence-corrected chi connectivity index (χ4v) is 1.42. The lowest BCUT2D eigenvalue weighted by Gasteiger charge is -2.21. The van der Waals surface area contributed by atoms with E-state index in [2.05, 4.69) is 4.84 Å². The van der Waals surface area contributed by atoms with Crippen LogP contribution >= 0.6 is 0 Å². The van der Waals surface area contributed by atoms with Crippen molar-refractivity contribution < 1.29 is 27.5 Å². The predicted molar refractivity (Wildman–Crippen MR) is 48.4 cm³/mol. The maximum atomic E-state index is 11.7. The van der Waals surface area contributed by atoms with Crippen LogP contribution in [0.1, 0.15) is 25.7 Å². The molecule has 16 heavy (non-hydrogen) atoms. The van der Waals surface area contributed by atoms with Gasteiger partial charge in [-0.1, -0.05) is 0 Å². The molecule has 0 saturated carbocycles. The highest BCUT2D eigenvalue weighted by atomic mass is 19.4. The predicted octanol–water partition coefficient (Wildman–Crippen LogP) is 1.56. The average Bonchev–Trinajstić information content (AvgIpc) is 2.17. The summed E-state index contributed by atoms with van der Waals surface area (Å²) in [5.74, 6) is -0.587. The molecule has 94 valence electrons. The van der Waals surface area contributed by atoms with Crippen LogP contribution in [-0.4, -0.2) is 31.4 Å². The number of hydrogen-bond donors (Lipinski definition) is 1. The number of amides is 1. The molecule has 1 rings (SSSR count). The normalized spacial score (nSPS) is 21.8. The first-order valence-corrected chi connectivity index (χ1v) is 5.06. The monoisotopic (exact) mass is 241 g/mol. The van der Waals surface area contributed by atoms with Crippen LogP contribution in [0.2, 0.25) is 0 Å². The van der Waals surface area contributed by atoms with Crippen molar-refractivity contribution >= 4 is 5.91 Å². The number of ether oxygens (including phenoxy) is 1. The van der Waals surface area contributed by atoms with Gasteiger partial charge in [0, 0.05) is 6.61 Å². The van der Waals surface area contributed by atoms with Gasteiger partial charge in [0.1, 0.15) is 0 Å². The molecule has 1 atom stereocenters. The van der Waals surface area contributed by atoms with Crippen LogP contribution in [0.15, 0.2) is 0 Å². The van der Waals surface area contributed by atoms with Gasteiger partial charge in [0.15, 0.2) is 6.61 Å². The summed E-state index contributed by atoms with van der Waals surface area (Å²) in [6.45, 7) is -0.883. The third-order valence-corrected chi connectivity index (χ3v) is 2.11. The van der Waals surface area contributed by atoms with Crippen LogP contribution in [0, 0.1) is 0 Å². The van der Waals surface area contributed by atoms with Crippen molar-refractivity contribution in [3.05, 3.63) is 0 Å². The molecule has 4 nitrogen and oxygen atoms in total. The van der Waals surface area contributed by atoms with Gasteiger partial charge in [-0.25, -0.2) is 5.48 Å². The molecule has 0 bridgehead atoms. The van der Waals surface area contributed by atoms with Gasteiger partial charge in [-0.15, -0.1) is 0 Å². The minimum absolute atomic E-state index is 0.0395. The molecular formula is C9H14F3NO3. The largest absolute Gasteiger partial charge is 0.414 e. The maximum Gasteiger partial charge on any atom is 0.414 e. The van der Waals surface area contributed by atoms with Crippen LogP contribution in [0.4, 0.5) is 13.2 Å². The number of carbonyl (C=O) groups excluding carboxylic acids is 1. The van der Waals surface area contributed by atoms with E-state index < -0.39 is 18.7 Å². The minimum atomic E-state index is -4.44. The molecule has 0 aliphatic carbocycles. The first-order chi connectivity index (χ1) is 7.47. The van der Waals surface area contributed by atoms with Crippen molar-refractivity contribution in [1.29, 1.82) is 0 Å². The molecule has 0 aromatic rings. The number of nitrogens with one attached hydrogen (secondary N) is 1. The summed E-state index contributed by atoms with van der Waals surface area (Å²) in [6, 6.07) is 0. The standard InChI is InChI=1S/C9H14F3NO3/c10-9(11,12)6-16-13-8(14)5-7-3-1-2-4-15-7/h7H,1-6H2,(H,13,14). The maximum absolute atomic E-state index is 11.7. The van der Waals surface area contributed by atoms with Gasteiger partial charge >= 0.3 is 6.18 Å². The van der Waals surface area contributed by atoms with E-state index in [9.17, 15) is 18.0 Å². The topological polar surface area (TPSA) is 47.6 Å². The fraction of sp³-hybridized carbons (Fsp3) is 0.889. The summed E-state index contributed by atoms with van der Waals surface area (Å²) < 4.78 is 40.2. The third kappa shape index (κ3) is 5.92. The first-order valence-electron chi connectivity index (χ1n) is 5.06. The highest BCUT2D eigenvalue weighted by Crippen LogP contribution is 2.16. The first kappa shape index (κ1) is 13.2. The Morgan fingerprint density at radius 2 is 2.19 bits per heavy atom.